The van der Waals surface area contributed by atoms with Gasteiger partial charge in [0.25, 0.3) is 0 Å². The van der Waals surface area contributed by atoms with E-state index in [1.165, 1.54) is 12.8 Å². The Bertz CT molecular complexity index is 309. The Hall–Kier alpha value is -0.130. The predicted molar refractivity (Wildman–Crippen MR) is 76.2 cm³/mol. The number of piperidine rings is 1. The average molecular weight is 276 g/mol. The fourth-order valence-corrected chi connectivity index (χ4v) is 4.19. The van der Waals surface area contributed by atoms with Crippen molar-refractivity contribution in [1.29, 1.82) is 0 Å². The molecule has 1 aliphatic rings. The van der Waals surface area contributed by atoms with E-state index in [0.717, 1.165) is 51.2 Å². The van der Waals surface area contributed by atoms with Crippen molar-refractivity contribution in [1.82, 2.24) is 9.62 Å². The Labute approximate surface area is 112 Å². The third-order valence-electron chi connectivity index (χ3n) is 3.74. The number of sulfonamides is 1. The molecule has 18 heavy (non-hydrogen) atoms. The van der Waals surface area contributed by atoms with E-state index in [1.54, 1.807) is 4.31 Å². The number of nitrogens with zero attached hydrogens (tertiary/aromatic N) is 1. The SMILES string of the molecule is CCCC1CCN(S(=O)(=O)CCCCNC)CC1. The van der Waals surface area contributed by atoms with Gasteiger partial charge >= 0.3 is 0 Å². The zero-order chi connectivity index (χ0) is 13.4. The molecule has 1 fully saturated rings. The van der Waals surface area contributed by atoms with E-state index < -0.39 is 10.0 Å². The first kappa shape index (κ1) is 15.9. The van der Waals surface area contributed by atoms with Gasteiger partial charge in [-0.2, -0.15) is 0 Å². The number of hydrogen-bond donors (Lipinski definition) is 1. The molecule has 1 aliphatic heterocycles. The number of unbranched alkanes of at least 4 members (excludes halogenated alkanes) is 1. The minimum Gasteiger partial charge on any atom is -0.320 e. The predicted octanol–water partition coefficient (Wildman–Crippen LogP) is 1.83. The summed E-state index contributed by atoms with van der Waals surface area (Å²) >= 11 is 0. The lowest BCUT2D eigenvalue weighted by atomic mass is 9.94. The van der Waals surface area contributed by atoms with E-state index in [0.29, 0.717) is 5.75 Å². The molecule has 0 bridgehead atoms. The number of rotatable bonds is 8. The molecule has 0 aromatic carbocycles. The fraction of sp³-hybridized carbons (Fsp3) is 1.00. The van der Waals surface area contributed by atoms with Crippen LogP contribution in [0.25, 0.3) is 0 Å². The van der Waals surface area contributed by atoms with Crippen molar-refractivity contribution in [3.05, 3.63) is 0 Å². The molecule has 1 rings (SSSR count). The van der Waals surface area contributed by atoms with Gasteiger partial charge in [-0.1, -0.05) is 19.8 Å². The van der Waals surface area contributed by atoms with Crippen LogP contribution in [0.1, 0.15) is 45.4 Å². The average Bonchev–Trinajstić information content (AvgIpc) is 2.36. The molecule has 108 valence electrons. The van der Waals surface area contributed by atoms with Crippen LogP contribution in [-0.2, 0) is 10.0 Å². The van der Waals surface area contributed by atoms with Gasteiger partial charge in [-0.05, 0) is 45.2 Å². The van der Waals surface area contributed by atoms with Gasteiger partial charge in [-0.25, -0.2) is 12.7 Å². The molecule has 5 heteroatoms. The molecular formula is C13H28N2O2S. The van der Waals surface area contributed by atoms with Crippen LogP contribution in [0, 0.1) is 5.92 Å². The van der Waals surface area contributed by atoms with Crippen LogP contribution < -0.4 is 5.32 Å². The summed E-state index contributed by atoms with van der Waals surface area (Å²) in [4.78, 5) is 0. The highest BCUT2D eigenvalue weighted by atomic mass is 32.2. The Morgan fingerprint density at radius 1 is 1.22 bits per heavy atom. The van der Waals surface area contributed by atoms with Crippen LogP contribution in [-0.4, -0.2) is 45.2 Å². The van der Waals surface area contributed by atoms with E-state index in [-0.39, 0.29) is 0 Å². The largest absolute Gasteiger partial charge is 0.320 e. The standard InChI is InChI=1S/C13H28N2O2S/c1-3-6-13-7-10-15(11-8-13)18(16,17)12-5-4-9-14-2/h13-14H,3-12H2,1-2H3. The minimum atomic E-state index is -3.00. The second-order valence-electron chi connectivity index (χ2n) is 5.26. The Morgan fingerprint density at radius 3 is 2.44 bits per heavy atom. The Morgan fingerprint density at radius 2 is 1.89 bits per heavy atom. The molecular weight excluding hydrogens is 248 g/mol. The second kappa shape index (κ2) is 8.12. The number of hydrogen-bond acceptors (Lipinski definition) is 3. The molecule has 0 spiro atoms. The van der Waals surface area contributed by atoms with Crippen LogP contribution in [0.15, 0.2) is 0 Å². The molecule has 0 atom stereocenters. The Balaban J connectivity index is 2.31. The summed E-state index contributed by atoms with van der Waals surface area (Å²) in [7, 11) is -1.10. The molecule has 0 amide bonds. The van der Waals surface area contributed by atoms with E-state index in [1.807, 2.05) is 7.05 Å². The molecule has 1 saturated heterocycles. The first-order valence-corrected chi connectivity index (χ1v) is 8.83. The summed E-state index contributed by atoms with van der Waals surface area (Å²) in [5, 5.41) is 3.04. The van der Waals surface area contributed by atoms with Crippen molar-refractivity contribution >= 4 is 10.0 Å². The van der Waals surface area contributed by atoms with E-state index in [9.17, 15) is 8.42 Å². The normalized spacial score (nSPS) is 19.2. The first-order valence-electron chi connectivity index (χ1n) is 7.22. The van der Waals surface area contributed by atoms with Crippen LogP contribution >= 0.6 is 0 Å². The highest BCUT2D eigenvalue weighted by Crippen LogP contribution is 2.23. The number of nitrogens with one attached hydrogen (secondary N) is 1. The van der Waals surface area contributed by atoms with Crippen molar-refractivity contribution in [3.63, 3.8) is 0 Å². The van der Waals surface area contributed by atoms with Crippen molar-refractivity contribution in [2.45, 2.75) is 45.4 Å². The summed E-state index contributed by atoms with van der Waals surface area (Å²) < 4.78 is 25.9. The van der Waals surface area contributed by atoms with Gasteiger partial charge in [-0.15, -0.1) is 0 Å². The van der Waals surface area contributed by atoms with Crippen LogP contribution in [0.5, 0.6) is 0 Å². The van der Waals surface area contributed by atoms with Gasteiger partial charge in [0.15, 0.2) is 0 Å². The van der Waals surface area contributed by atoms with Gasteiger partial charge in [0.2, 0.25) is 10.0 Å². The van der Waals surface area contributed by atoms with Gasteiger partial charge < -0.3 is 5.32 Å². The molecule has 4 nitrogen and oxygen atoms in total. The van der Waals surface area contributed by atoms with Gasteiger partial charge in [0, 0.05) is 13.1 Å². The first-order chi connectivity index (χ1) is 8.60. The van der Waals surface area contributed by atoms with Crippen molar-refractivity contribution in [2.24, 2.45) is 5.92 Å². The topological polar surface area (TPSA) is 49.4 Å². The van der Waals surface area contributed by atoms with Gasteiger partial charge in [-0.3, -0.25) is 0 Å². The molecule has 0 aromatic heterocycles. The smallest absolute Gasteiger partial charge is 0.214 e. The molecule has 1 N–H and O–H groups in total. The van der Waals surface area contributed by atoms with Crippen LogP contribution in [0.2, 0.25) is 0 Å². The summed E-state index contributed by atoms with van der Waals surface area (Å²) in [5.74, 6) is 1.05. The summed E-state index contributed by atoms with van der Waals surface area (Å²) in [6.07, 6.45) is 6.24. The van der Waals surface area contributed by atoms with Crippen molar-refractivity contribution in [3.8, 4) is 0 Å². The third kappa shape index (κ3) is 5.24. The third-order valence-corrected chi connectivity index (χ3v) is 5.70. The van der Waals surface area contributed by atoms with Crippen LogP contribution in [0.3, 0.4) is 0 Å². The maximum absolute atomic E-state index is 12.1. The lowest BCUT2D eigenvalue weighted by molar-refractivity contribution is 0.262. The summed E-state index contributed by atoms with van der Waals surface area (Å²) in [6.45, 7) is 4.57. The minimum absolute atomic E-state index is 0.313. The van der Waals surface area contributed by atoms with E-state index in [4.69, 9.17) is 0 Å². The van der Waals surface area contributed by atoms with E-state index in [2.05, 4.69) is 12.2 Å². The zero-order valence-corrected chi connectivity index (χ0v) is 12.6. The lowest BCUT2D eigenvalue weighted by Gasteiger charge is -2.31. The maximum Gasteiger partial charge on any atom is 0.214 e. The molecule has 0 unspecified atom stereocenters. The zero-order valence-electron chi connectivity index (χ0n) is 11.8. The highest BCUT2D eigenvalue weighted by molar-refractivity contribution is 7.89. The molecule has 1 heterocycles. The Kier molecular flexibility index (Phi) is 7.19. The quantitative estimate of drug-likeness (QED) is 0.688. The highest BCUT2D eigenvalue weighted by Gasteiger charge is 2.26. The van der Waals surface area contributed by atoms with Gasteiger partial charge in [0.1, 0.15) is 0 Å². The monoisotopic (exact) mass is 276 g/mol. The fourth-order valence-electron chi connectivity index (χ4n) is 2.60. The van der Waals surface area contributed by atoms with Crippen LogP contribution in [0.4, 0.5) is 0 Å². The summed E-state index contributed by atoms with van der Waals surface area (Å²) in [5.41, 5.74) is 0. The van der Waals surface area contributed by atoms with E-state index >= 15 is 0 Å². The van der Waals surface area contributed by atoms with Crippen molar-refractivity contribution in [2.75, 3.05) is 32.4 Å². The van der Waals surface area contributed by atoms with Gasteiger partial charge in [0.05, 0.1) is 5.75 Å². The second-order valence-corrected chi connectivity index (χ2v) is 7.35. The molecule has 0 radical (unpaired) electrons. The molecule has 0 saturated carbocycles. The maximum atomic E-state index is 12.1. The molecule has 0 aliphatic carbocycles. The summed E-state index contributed by atoms with van der Waals surface area (Å²) in [6, 6.07) is 0. The van der Waals surface area contributed by atoms with Crippen molar-refractivity contribution < 1.29 is 8.42 Å². The lowest BCUT2D eigenvalue weighted by Crippen LogP contribution is -2.39. The molecule has 0 aromatic rings.